The SMILES string of the molecule is C=C(C)[C@@H]1CCC(C)=CC1c1c(OCCN)cc(CCCCC)cc1OCCN. The van der Waals surface area contributed by atoms with E-state index in [-0.39, 0.29) is 5.92 Å². The van der Waals surface area contributed by atoms with Gasteiger partial charge in [-0.05, 0) is 63.1 Å². The van der Waals surface area contributed by atoms with Gasteiger partial charge in [-0.25, -0.2) is 0 Å². The van der Waals surface area contributed by atoms with Gasteiger partial charge in [0.15, 0.2) is 0 Å². The topological polar surface area (TPSA) is 70.5 Å². The van der Waals surface area contributed by atoms with Gasteiger partial charge in [-0.2, -0.15) is 0 Å². The highest BCUT2D eigenvalue weighted by atomic mass is 16.5. The molecule has 1 aromatic rings. The second kappa shape index (κ2) is 12.0. The number of allylic oxidation sites excluding steroid dienone is 3. The highest BCUT2D eigenvalue weighted by molar-refractivity contribution is 5.53. The highest BCUT2D eigenvalue weighted by Gasteiger charge is 2.31. The molecule has 162 valence electrons. The lowest BCUT2D eigenvalue weighted by atomic mass is 9.73. The number of nitrogens with two attached hydrogens (primary N) is 2. The second-order valence-electron chi connectivity index (χ2n) is 8.27. The molecular formula is C25H40N2O2. The fraction of sp³-hybridized carbons (Fsp3) is 0.600. The molecule has 0 aromatic heterocycles. The summed E-state index contributed by atoms with van der Waals surface area (Å²) in [5, 5.41) is 0. The number of hydrogen-bond donors (Lipinski definition) is 2. The van der Waals surface area contributed by atoms with Crippen LogP contribution < -0.4 is 20.9 Å². The summed E-state index contributed by atoms with van der Waals surface area (Å²) in [6.45, 7) is 12.8. The lowest BCUT2D eigenvalue weighted by Gasteiger charge is -2.33. The first-order valence-electron chi connectivity index (χ1n) is 11.2. The predicted molar refractivity (Wildman–Crippen MR) is 123 cm³/mol. The van der Waals surface area contributed by atoms with E-state index in [0.29, 0.717) is 32.2 Å². The molecule has 1 aliphatic rings. The lowest BCUT2D eigenvalue weighted by Crippen LogP contribution is -2.21. The van der Waals surface area contributed by atoms with Crippen LogP contribution in [0.25, 0.3) is 0 Å². The van der Waals surface area contributed by atoms with Gasteiger partial charge >= 0.3 is 0 Å². The van der Waals surface area contributed by atoms with Gasteiger partial charge in [-0.1, -0.05) is 43.6 Å². The van der Waals surface area contributed by atoms with E-state index < -0.39 is 0 Å². The number of ether oxygens (including phenoxy) is 2. The summed E-state index contributed by atoms with van der Waals surface area (Å²) in [4.78, 5) is 0. The fourth-order valence-corrected chi connectivity index (χ4v) is 4.19. The van der Waals surface area contributed by atoms with Crippen molar-refractivity contribution in [2.45, 2.75) is 65.2 Å². The van der Waals surface area contributed by atoms with Crippen LogP contribution in [0.5, 0.6) is 11.5 Å². The molecule has 1 aromatic carbocycles. The molecule has 2 atom stereocenters. The van der Waals surface area contributed by atoms with Crippen LogP contribution in [-0.4, -0.2) is 26.3 Å². The van der Waals surface area contributed by atoms with Gasteiger partial charge in [0.2, 0.25) is 0 Å². The van der Waals surface area contributed by atoms with Crippen molar-refractivity contribution in [2.75, 3.05) is 26.3 Å². The third-order valence-corrected chi connectivity index (χ3v) is 5.70. The Kier molecular flexibility index (Phi) is 9.75. The molecule has 1 unspecified atom stereocenters. The molecule has 0 saturated carbocycles. The summed E-state index contributed by atoms with van der Waals surface area (Å²) in [5.41, 5.74) is 16.5. The summed E-state index contributed by atoms with van der Waals surface area (Å²) >= 11 is 0. The van der Waals surface area contributed by atoms with Crippen molar-refractivity contribution in [1.82, 2.24) is 0 Å². The first kappa shape index (κ1) is 23.5. The maximum absolute atomic E-state index is 6.18. The van der Waals surface area contributed by atoms with Crippen LogP contribution in [0.3, 0.4) is 0 Å². The van der Waals surface area contributed by atoms with Gasteiger partial charge in [0.25, 0.3) is 0 Å². The van der Waals surface area contributed by atoms with Gasteiger partial charge < -0.3 is 20.9 Å². The van der Waals surface area contributed by atoms with Crippen molar-refractivity contribution in [3.63, 3.8) is 0 Å². The van der Waals surface area contributed by atoms with Crippen LogP contribution in [0.2, 0.25) is 0 Å². The first-order chi connectivity index (χ1) is 14.0. The standard InChI is InChI=1S/C25H40N2O2/c1-5-6-7-8-20-16-23(28-13-11-26)25(24(17-20)29-14-12-27)22-15-19(4)9-10-21(22)18(2)3/h15-17,21-22H,2,5-14,26-27H2,1,3-4H3/t21-,22?/m0/s1. The molecule has 0 aliphatic heterocycles. The second-order valence-corrected chi connectivity index (χ2v) is 8.27. The van der Waals surface area contributed by atoms with E-state index in [4.69, 9.17) is 20.9 Å². The van der Waals surface area contributed by atoms with E-state index in [1.54, 1.807) is 0 Å². The highest BCUT2D eigenvalue weighted by Crippen LogP contribution is 2.47. The maximum atomic E-state index is 6.18. The van der Waals surface area contributed by atoms with Gasteiger partial charge in [0.05, 0.1) is 0 Å². The minimum Gasteiger partial charge on any atom is -0.492 e. The van der Waals surface area contributed by atoms with Crippen LogP contribution in [0.1, 0.15) is 69.9 Å². The predicted octanol–water partition coefficient (Wildman–Crippen LogP) is 5.11. The summed E-state index contributed by atoms with van der Waals surface area (Å²) in [6, 6.07) is 4.40. The molecule has 29 heavy (non-hydrogen) atoms. The minimum atomic E-state index is 0.200. The Morgan fingerprint density at radius 1 is 1.10 bits per heavy atom. The summed E-state index contributed by atoms with van der Waals surface area (Å²) in [6.07, 6.45) is 9.21. The average Bonchev–Trinajstić information content (AvgIpc) is 2.70. The van der Waals surface area contributed by atoms with E-state index in [1.165, 1.54) is 36.0 Å². The zero-order chi connectivity index (χ0) is 21.2. The zero-order valence-electron chi connectivity index (χ0n) is 18.6. The Morgan fingerprint density at radius 3 is 2.24 bits per heavy atom. The molecule has 0 fully saturated rings. The molecule has 4 nitrogen and oxygen atoms in total. The van der Waals surface area contributed by atoms with E-state index in [9.17, 15) is 0 Å². The van der Waals surface area contributed by atoms with E-state index >= 15 is 0 Å². The molecule has 4 heteroatoms. The molecule has 0 saturated heterocycles. The van der Waals surface area contributed by atoms with Gasteiger partial charge in [-0.15, -0.1) is 0 Å². The van der Waals surface area contributed by atoms with E-state index in [0.717, 1.165) is 36.3 Å². The normalized spacial score (nSPS) is 19.0. The first-order valence-corrected chi connectivity index (χ1v) is 11.2. The molecule has 0 spiro atoms. The van der Waals surface area contributed by atoms with E-state index in [1.807, 2.05) is 0 Å². The third kappa shape index (κ3) is 6.61. The molecule has 1 aliphatic carbocycles. The molecule has 0 bridgehead atoms. The number of benzene rings is 1. The number of rotatable bonds is 12. The largest absolute Gasteiger partial charge is 0.492 e. The van der Waals surface area contributed by atoms with Gasteiger partial charge in [0, 0.05) is 24.6 Å². The molecule has 4 N–H and O–H groups in total. The molecule has 0 radical (unpaired) electrons. The monoisotopic (exact) mass is 400 g/mol. The Bertz CT molecular complexity index is 667. The third-order valence-electron chi connectivity index (χ3n) is 5.70. The van der Waals surface area contributed by atoms with Crippen molar-refractivity contribution in [1.29, 1.82) is 0 Å². The number of aryl methyl sites for hydroxylation is 1. The van der Waals surface area contributed by atoms with Crippen LogP contribution >= 0.6 is 0 Å². The van der Waals surface area contributed by atoms with E-state index in [2.05, 4.69) is 45.6 Å². The van der Waals surface area contributed by atoms with Crippen molar-refractivity contribution in [3.8, 4) is 11.5 Å². The van der Waals surface area contributed by atoms with Gasteiger partial charge in [-0.3, -0.25) is 0 Å². The Balaban J connectivity index is 2.54. The zero-order valence-corrected chi connectivity index (χ0v) is 18.6. The number of unbranched alkanes of at least 4 members (excludes halogenated alkanes) is 2. The summed E-state index contributed by atoms with van der Waals surface area (Å²) < 4.78 is 12.4. The van der Waals surface area contributed by atoms with Crippen molar-refractivity contribution in [2.24, 2.45) is 17.4 Å². The van der Waals surface area contributed by atoms with Crippen molar-refractivity contribution in [3.05, 3.63) is 47.1 Å². The van der Waals surface area contributed by atoms with Crippen LogP contribution in [0.4, 0.5) is 0 Å². The number of hydrogen-bond acceptors (Lipinski definition) is 4. The van der Waals surface area contributed by atoms with Gasteiger partial charge in [0.1, 0.15) is 24.7 Å². The fourth-order valence-electron chi connectivity index (χ4n) is 4.19. The maximum Gasteiger partial charge on any atom is 0.127 e. The summed E-state index contributed by atoms with van der Waals surface area (Å²) in [5.74, 6) is 2.38. The Labute approximate surface area is 177 Å². The molecular weight excluding hydrogens is 360 g/mol. The van der Waals surface area contributed by atoms with Crippen LogP contribution in [0.15, 0.2) is 35.9 Å². The van der Waals surface area contributed by atoms with Crippen molar-refractivity contribution >= 4 is 0 Å². The molecule has 0 heterocycles. The molecule has 2 rings (SSSR count). The quantitative estimate of drug-likeness (QED) is 0.378. The average molecular weight is 401 g/mol. The lowest BCUT2D eigenvalue weighted by molar-refractivity contribution is 0.298. The summed E-state index contributed by atoms with van der Waals surface area (Å²) in [7, 11) is 0. The van der Waals surface area contributed by atoms with Crippen molar-refractivity contribution < 1.29 is 9.47 Å². The van der Waals surface area contributed by atoms with Crippen LogP contribution in [-0.2, 0) is 6.42 Å². The smallest absolute Gasteiger partial charge is 0.127 e. The van der Waals surface area contributed by atoms with Crippen LogP contribution in [0, 0.1) is 5.92 Å². The molecule has 0 amide bonds. The Hall–Kier alpha value is -1.78. The minimum absolute atomic E-state index is 0.200. The Morgan fingerprint density at radius 2 is 1.72 bits per heavy atom.